The van der Waals surface area contributed by atoms with Crippen molar-refractivity contribution in [2.24, 2.45) is 0 Å². The lowest BCUT2D eigenvalue weighted by Crippen LogP contribution is -2.32. The molecule has 2 unspecified atom stereocenters. The first-order chi connectivity index (χ1) is 8.04. The maximum absolute atomic E-state index is 6.33. The van der Waals surface area contributed by atoms with E-state index in [0.29, 0.717) is 6.04 Å². The Morgan fingerprint density at radius 3 is 2.82 bits per heavy atom. The first kappa shape index (κ1) is 12.7. The number of ether oxygens (including phenoxy) is 1. The average Bonchev–Trinajstić information content (AvgIpc) is 2.25. The molecule has 0 saturated heterocycles. The molecule has 0 aliphatic carbocycles. The van der Waals surface area contributed by atoms with Crippen LogP contribution in [0, 0.1) is 13.8 Å². The summed E-state index contributed by atoms with van der Waals surface area (Å²) >= 11 is 6.33. The highest BCUT2D eigenvalue weighted by molar-refractivity contribution is 6.32. The SMILES string of the molecule is CCNC1CC(C)Oc2cc(C)c(Cl)c(C)c21. The molecule has 3 heteroatoms. The van der Waals surface area contributed by atoms with Gasteiger partial charge in [-0.05, 0) is 44.5 Å². The van der Waals surface area contributed by atoms with Crippen LogP contribution in [0.2, 0.25) is 5.02 Å². The predicted octanol–water partition coefficient (Wildman–Crippen LogP) is 3.78. The summed E-state index contributed by atoms with van der Waals surface area (Å²) in [5.41, 5.74) is 3.48. The van der Waals surface area contributed by atoms with Crippen LogP contribution in [0.1, 0.15) is 43.0 Å². The van der Waals surface area contributed by atoms with E-state index in [1.165, 1.54) is 5.56 Å². The number of fused-ring (bicyclic) bond motifs is 1. The van der Waals surface area contributed by atoms with Crippen LogP contribution in [0.15, 0.2) is 6.07 Å². The van der Waals surface area contributed by atoms with Crippen molar-refractivity contribution in [1.29, 1.82) is 0 Å². The third-order valence-electron chi connectivity index (χ3n) is 3.39. The summed E-state index contributed by atoms with van der Waals surface area (Å²) in [7, 11) is 0. The summed E-state index contributed by atoms with van der Waals surface area (Å²) in [5.74, 6) is 0.995. The van der Waals surface area contributed by atoms with Crippen LogP contribution < -0.4 is 10.1 Å². The van der Waals surface area contributed by atoms with Crippen molar-refractivity contribution in [1.82, 2.24) is 5.32 Å². The smallest absolute Gasteiger partial charge is 0.125 e. The van der Waals surface area contributed by atoms with Crippen LogP contribution in [0.25, 0.3) is 0 Å². The number of hydrogen-bond acceptors (Lipinski definition) is 2. The highest BCUT2D eigenvalue weighted by Crippen LogP contribution is 2.41. The molecule has 2 nitrogen and oxygen atoms in total. The third kappa shape index (κ3) is 2.29. The molecule has 0 amide bonds. The maximum Gasteiger partial charge on any atom is 0.125 e. The van der Waals surface area contributed by atoms with E-state index in [1.807, 2.05) is 6.92 Å². The van der Waals surface area contributed by atoms with Crippen LogP contribution in [0.4, 0.5) is 0 Å². The molecule has 1 aromatic carbocycles. The Labute approximate surface area is 108 Å². The molecule has 1 aliphatic heterocycles. The van der Waals surface area contributed by atoms with Gasteiger partial charge in [0.25, 0.3) is 0 Å². The van der Waals surface area contributed by atoms with E-state index in [0.717, 1.165) is 34.9 Å². The van der Waals surface area contributed by atoms with Gasteiger partial charge in [-0.15, -0.1) is 0 Å². The van der Waals surface area contributed by atoms with Crippen molar-refractivity contribution in [3.63, 3.8) is 0 Å². The first-order valence-electron chi connectivity index (χ1n) is 6.24. The van der Waals surface area contributed by atoms with Crippen LogP contribution in [-0.2, 0) is 0 Å². The molecule has 2 rings (SSSR count). The molecule has 94 valence electrons. The lowest BCUT2D eigenvalue weighted by Gasteiger charge is -2.33. The molecule has 17 heavy (non-hydrogen) atoms. The van der Waals surface area contributed by atoms with Gasteiger partial charge in [-0.1, -0.05) is 18.5 Å². The number of hydrogen-bond donors (Lipinski definition) is 1. The molecule has 0 radical (unpaired) electrons. The fourth-order valence-electron chi connectivity index (χ4n) is 2.61. The van der Waals surface area contributed by atoms with Crippen molar-refractivity contribution >= 4 is 11.6 Å². The number of aryl methyl sites for hydroxylation is 1. The quantitative estimate of drug-likeness (QED) is 0.866. The van der Waals surface area contributed by atoms with Crippen LogP contribution in [0.5, 0.6) is 5.75 Å². The monoisotopic (exact) mass is 253 g/mol. The Morgan fingerprint density at radius 2 is 2.18 bits per heavy atom. The molecule has 1 aromatic rings. The zero-order chi connectivity index (χ0) is 12.6. The number of nitrogens with one attached hydrogen (secondary N) is 1. The van der Waals surface area contributed by atoms with E-state index < -0.39 is 0 Å². The van der Waals surface area contributed by atoms with E-state index in [-0.39, 0.29) is 6.10 Å². The molecular formula is C14H20ClNO. The van der Waals surface area contributed by atoms with E-state index >= 15 is 0 Å². The van der Waals surface area contributed by atoms with Crippen molar-refractivity contribution in [2.45, 2.75) is 46.3 Å². The van der Waals surface area contributed by atoms with Gasteiger partial charge in [0.15, 0.2) is 0 Å². The van der Waals surface area contributed by atoms with Crippen LogP contribution in [-0.4, -0.2) is 12.6 Å². The van der Waals surface area contributed by atoms with Gasteiger partial charge in [0, 0.05) is 23.0 Å². The van der Waals surface area contributed by atoms with E-state index in [1.54, 1.807) is 0 Å². The highest BCUT2D eigenvalue weighted by atomic mass is 35.5. The normalized spacial score (nSPS) is 23.1. The second-order valence-electron chi connectivity index (χ2n) is 4.82. The standard InChI is InChI=1S/C14H20ClNO/c1-5-16-11-7-9(3)17-12-6-8(2)14(15)10(4)13(11)12/h6,9,11,16H,5,7H2,1-4H3. The third-order valence-corrected chi connectivity index (χ3v) is 3.97. The predicted molar refractivity (Wildman–Crippen MR) is 72.1 cm³/mol. The minimum atomic E-state index is 0.256. The van der Waals surface area contributed by atoms with Crippen molar-refractivity contribution in [2.75, 3.05) is 6.54 Å². The minimum Gasteiger partial charge on any atom is -0.490 e. The second kappa shape index (κ2) is 4.87. The molecule has 1 heterocycles. The fourth-order valence-corrected chi connectivity index (χ4v) is 2.77. The molecule has 0 bridgehead atoms. The van der Waals surface area contributed by atoms with Crippen molar-refractivity contribution in [3.05, 3.63) is 27.8 Å². The van der Waals surface area contributed by atoms with Gasteiger partial charge in [0.1, 0.15) is 5.75 Å². The molecular weight excluding hydrogens is 234 g/mol. The molecule has 0 fully saturated rings. The number of benzene rings is 1. The summed E-state index contributed by atoms with van der Waals surface area (Å²) in [4.78, 5) is 0. The fraction of sp³-hybridized carbons (Fsp3) is 0.571. The Balaban J connectivity index is 2.52. The van der Waals surface area contributed by atoms with Gasteiger partial charge >= 0.3 is 0 Å². The van der Waals surface area contributed by atoms with Crippen LogP contribution >= 0.6 is 11.6 Å². The van der Waals surface area contributed by atoms with Crippen molar-refractivity contribution in [3.8, 4) is 5.75 Å². The van der Waals surface area contributed by atoms with Gasteiger partial charge in [-0.3, -0.25) is 0 Å². The Bertz CT molecular complexity index is 431. The van der Waals surface area contributed by atoms with E-state index in [4.69, 9.17) is 16.3 Å². The minimum absolute atomic E-state index is 0.256. The zero-order valence-corrected chi connectivity index (χ0v) is 11.7. The number of rotatable bonds is 2. The molecule has 2 atom stereocenters. The van der Waals surface area contributed by atoms with Gasteiger partial charge in [0.05, 0.1) is 6.10 Å². The first-order valence-corrected chi connectivity index (χ1v) is 6.62. The van der Waals surface area contributed by atoms with Crippen LogP contribution in [0.3, 0.4) is 0 Å². The topological polar surface area (TPSA) is 21.3 Å². The second-order valence-corrected chi connectivity index (χ2v) is 5.20. The Hall–Kier alpha value is -0.730. The lowest BCUT2D eigenvalue weighted by molar-refractivity contribution is 0.166. The van der Waals surface area contributed by atoms with E-state index in [2.05, 4.69) is 32.2 Å². The average molecular weight is 254 g/mol. The summed E-state index contributed by atoms with van der Waals surface area (Å²) in [5, 5.41) is 4.39. The largest absolute Gasteiger partial charge is 0.490 e. The van der Waals surface area contributed by atoms with E-state index in [9.17, 15) is 0 Å². The van der Waals surface area contributed by atoms with Gasteiger partial charge in [-0.25, -0.2) is 0 Å². The summed E-state index contributed by atoms with van der Waals surface area (Å²) in [6.45, 7) is 9.32. The summed E-state index contributed by atoms with van der Waals surface area (Å²) < 4.78 is 5.93. The molecule has 0 saturated carbocycles. The summed E-state index contributed by atoms with van der Waals surface area (Å²) in [6.07, 6.45) is 1.26. The molecule has 1 N–H and O–H groups in total. The van der Waals surface area contributed by atoms with Crippen molar-refractivity contribution < 1.29 is 4.74 Å². The maximum atomic E-state index is 6.33. The Kier molecular flexibility index (Phi) is 3.64. The number of halogens is 1. The van der Waals surface area contributed by atoms with Gasteiger partial charge < -0.3 is 10.1 Å². The molecule has 0 aromatic heterocycles. The highest BCUT2D eigenvalue weighted by Gasteiger charge is 2.28. The molecule has 0 spiro atoms. The van der Waals surface area contributed by atoms with Gasteiger partial charge in [0.2, 0.25) is 0 Å². The zero-order valence-electron chi connectivity index (χ0n) is 10.9. The van der Waals surface area contributed by atoms with Gasteiger partial charge in [-0.2, -0.15) is 0 Å². The summed E-state index contributed by atoms with van der Waals surface area (Å²) in [6, 6.07) is 2.42. The lowest BCUT2D eigenvalue weighted by atomic mass is 9.91. The molecule has 1 aliphatic rings. The Morgan fingerprint density at radius 1 is 1.47 bits per heavy atom.